The maximum absolute atomic E-state index is 13.8. The summed E-state index contributed by atoms with van der Waals surface area (Å²) in [6.07, 6.45) is 2.20. The van der Waals surface area contributed by atoms with E-state index in [2.05, 4.69) is 63.0 Å². The van der Waals surface area contributed by atoms with Crippen LogP contribution in [0, 0.1) is 12.7 Å². The van der Waals surface area contributed by atoms with Gasteiger partial charge in [0.1, 0.15) is 29.7 Å². The molecule has 6 heteroatoms. The van der Waals surface area contributed by atoms with Crippen LogP contribution in [0.4, 0.5) is 10.1 Å². The van der Waals surface area contributed by atoms with E-state index >= 15 is 0 Å². The predicted octanol–water partition coefficient (Wildman–Crippen LogP) is 8.82. The number of aromatic hydroxyl groups is 1. The predicted molar refractivity (Wildman–Crippen MR) is 166 cm³/mol. The standard InChI is InChI=1S/C27H28FNO3.C7H8S/c1-16-6-7-18(28)12-24(16)32-15-22-20(21-9-8-19(30)13-25(21)31-5)10-11-23-26(22)17(2)14-27(3,4)29-23;8-6-7-4-2-1-3-5-7/h6-14,29-30H,15H2,1-5H3;1-5,8H,6H2. The molecule has 0 aromatic heterocycles. The Balaban J connectivity index is 0.000000398. The van der Waals surface area contributed by atoms with Crippen molar-refractivity contribution in [3.63, 3.8) is 0 Å². The van der Waals surface area contributed by atoms with E-state index in [0.717, 1.165) is 44.8 Å². The summed E-state index contributed by atoms with van der Waals surface area (Å²) in [7, 11) is 1.58. The molecule has 2 N–H and O–H groups in total. The first kappa shape index (κ1) is 29.1. The van der Waals surface area contributed by atoms with Gasteiger partial charge in [-0.25, -0.2) is 4.39 Å². The van der Waals surface area contributed by atoms with Crippen LogP contribution in [0.15, 0.2) is 84.9 Å². The molecule has 0 unspecified atom stereocenters. The van der Waals surface area contributed by atoms with Gasteiger partial charge in [0.15, 0.2) is 0 Å². The first-order chi connectivity index (χ1) is 19.1. The average molecular weight is 558 g/mol. The number of methoxy groups -OCH3 is 1. The van der Waals surface area contributed by atoms with Crippen LogP contribution < -0.4 is 14.8 Å². The number of halogens is 1. The summed E-state index contributed by atoms with van der Waals surface area (Å²) in [4.78, 5) is 0. The number of rotatable bonds is 6. The van der Waals surface area contributed by atoms with E-state index in [1.807, 2.05) is 37.3 Å². The van der Waals surface area contributed by atoms with E-state index < -0.39 is 0 Å². The third-order valence-corrected chi connectivity index (χ3v) is 7.13. The number of benzene rings is 4. The molecule has 0 amide bonds. The number of aryl methyl sites for hydroxylation is 1. The number of nitrogens with one attached hydrogen (secondary N) is 1. The second-order valence-electron chi connectivity index (χ2n) is 10.4. The molecule has 1 aliphatic rings. The molecule has 0 fully saturated rings. The van der Waals surface area contributed by atoms with Gasteiger partial charge < -0.3 is 19.9 Å². The monoisotopic (exact) mass is 557 g/mol. The van der Waals surface area contributed by atoms with Gasteiger partial charge in [-0.1, -0.05) is 48.5 Å². The van der Waals surface area contributed by atoms with Gasteiger partial charge in [0.2, 0.25) is 0 Å². The molecule has 0 atom stereocenters. The second-order valence-corrected chi connectivity index (χ2v) is 10.7. The molecule has 0 bridgehead atoms. The highest BCUT2D eigenvalue weighted by atomic mass is 32.1. The van der Waals surface area contributed by atoms with Gasteiger partial charge in [0, 0.05) is 40.3 Å². The smallest absolute Gasteiger partial charge is 0.130 e. The van der Waals surface area contributed by atoms with Crippen LogP contribution in [-0.2, 0) is 12.4 Å². The van der Waals surface area contributed by atoms with Crippen molar-refractivity contribution in [1.82, 2.24) is 0 Å². The van der Waals surface area contributed by atoms with Crippen LogP contribution in [0.3, 0.4) is 0 Å². The molecule has 40 heavy (non-hydrogen) atoms. The van der Waals surface area contributed by atoms with E-state index in [9.17, 15) is 9.50 Å². The molecule has 0 saturated heterocycles. The number of anilines is 1. The number of hydrogen-bond donors (Lipinski definition) is 3. The number of phenolic OH excluding ortho intramolecular Hbond substituents is 1. The summed E-state index contributed by atoms with van der Waals surface area (Å²) in [5, 5.41) is 13.5. The molecule has 5 rings (SSSR count). The summed E-state index contributed by atoms with van der Waals surface area (Å²) in [6.45, 7) is 8.50. The van der Waals surface area contributed by atoms with Gasteiger partial charge in [0.05, 0.1) is 12.6 Å². The topological polar surface area (TPSA) is 50.7 Å². The summed E-state index contributed by atoms with van der Waals surface area (Å²) in [5.74, 6) is 1.72. The molecule has 0 radical (unpaired) electrons. The van der Waals surface area contributed by atoms with Crippen molar-refractivity contribution in [2.24, 2.45) is 0 Å². The number of ether oxygens (including phenoxy) is 2. The van der Waals surface area contributed by atoms with Crippen molar-refractivity contribution in [2.45, 2.75) is 45.6 Å². The van der Waals surface area contributed by atoms with Crippen molar-refractivity contribution < 1.29 is 19.0 Å². The van der Waals surface area contributed by atoms with Crippen LogP contribution in [0.25, 0.3) is 16.7 Å². The molecular weight excluding hydrogens is 521 g/mol. The van der Waals surface area contributed by atoms with E-state index in [1.165, 1.54) is 17.7 Å². The lowest BCUT2D eigenvalue weighted by Crippen LogP contribution is -2.32. The minimum absolute atomic E-state index is 0.135. The highest BCUT2D eigenvalue weighted by molar-refractivity contribution is 7.79. The van der Waals surface area contributed by atoms with Crippen molar-refractivity contribution in [3.8, 4) is 28.4 Å². The molecule has 4 aromatic carbocycles. The fourth-order valence-electron chi connectivity index (χ4n) is 4.97. The number of hydrogen-bond acceptors (Lipinski definition) is 5. The third-order valence-electron chi connectivity index (χ3n) is 6.76. The van der Waals surface area contributed by atoms with Gasteiger partial charge >= 0.3 is 0 Å². The second kappa shape index (κ2) is 12.5. The Morgan fingerprint density at radius 2 is 1.62 bits per heavy atom. The molecule has 1 heterocycles. The maximum atomic E-state index is 13.8. The quantitative estimate of drug-likeness (QED) is 0.207. The van der Waals surface area contributed by atoms with E-state index in [-0.39, 0.29) is 23.7 Å². The lowest BCUT2D eigenvalue weighted by Gasteiger charge is -2.33. The van der Waals surface area contributed by atoms with Crippen LogP contribution in [0.5, 0.6) is 17.2 Å². The zero-order chi connectivity index (χ0) is 28.9. The van der Waals surface area contributed by atoms with Crippen LogP contribution in [-0.4, -0.2) is 17.8 Å². The number of allylic oxidation sites excluding steroid dienone is 1. The first-order valence-electron chi connectivity index (χ1n) is 13.2. The lowest BCUT2D eigenvalue weighted by molar-refractivity contribution is 0.302. The summed E-state index contributed by atoms with van der Waals surface area (Å²) in [6, 6.07) is 23.9. The van der Waals surface area contributed by atoms with Gasteiger partial charge in [-0.3, -0.25) is 0 Å². The average Bonchev–Trinajstić information content (AvgIpc) is 2.93. The Hall–Kier alpha value is -3.90. The normalized spacial score (nSPS) is 13.2. The summed E-state index contributed by atoms with van der Waals surface area (Å²) >= 11 is 4.11. The Morgan fingerprint density at radius 1 is 0.900 bits per heavy atom. The zero-order valence-electron chi connectivity index (χ0n) is 23.6. The molecular formula is C34H36FNO3S. The molecule has 1 aliphatic heterocycles. The third kappa shape index (κ3) is 6.80. The Labute approximate surface area is 241 Å². The minimum Gasteiger partial charge on any atom is -0.508 e. The fourth-order valence-corrected chi connectivity index (χ4v) is 5.18. The molecule has 208 valence electrons. The van der Waals surface area contributed by atoms with Gasteiger partial charge in [-0.05, 0) is 74.2 Å². The fraction of sp³-hybridized carbons (Fsp3) is 0.235. The molecule has 0 saturated carbocycles. The van der Waals surface area contributed by atoms with Gasteiger partial charge in [-0.2, -0.15) is 12.6 Å². The first-order valence-corrected chi connectivity index (χ1v) is 13.8. The van der Waals surface area contributed by atoms with Crippen LogP contribution >= 0.6 is 12.6 Å². The number of fused-ring (bicyclic) bond motifs is 1. The molecule has 0 spiro atoms. The van der Waals surface area contributed by atoms with Gasteiger partial charge in [-0.15, -0.1) is 0 Å². The van der Waals surface area contributed by atoms with E-state index in [1.54, 1.807) is 25.3 Å². The van der Waals surface area contributed by atoms with E-state index in [0.29, 0.717) is 11.5 Å². The Kier molecular flexibility index (Phi) is 9.10. The number of thiol groups is 1. The largest absolute Gasteiger partial charge is 0.508 e. The SMILES string of the molecule is COc1cc(O)ccc1-c1ccc2c(c1COc1cc(F)ccc1C)C(C)=CC(C)(C)N2.SCc1ccccc1. The van der Waals surface area contributed by atoms with Crippen molar-refractivity contribution in [2.75, 3.05) is 12.4 Å². The number of phenols is 1. The van der Waals surface area contributed by atoms with Crippen LogP contribution in [0.1, 0.15) is 43.0 Å². The lowest BCUT2D eigenvalue weighted by atomic mass is 9.85. The highest BCUT2D eigenvalue weighted by Crippen LogP contribution is 2.43. The van der Waals surface area contributed by atoms with Gasteiger partial charge in [0.25, 0.3) is 0 Å². The summed E-state index contributed by atoms with van der Waals surface area (Å²) < 4.78 is 25.5. The molecule has 0 aliphatic carbocycles. The van der Waals surface area contributed by atoms with Crippen molar-refractivity contribution >= 4 is 23.9 Å². The Morgan fingerprint density at radius 3 is 2.30 bits per heavy atom. The van der Waals surface area contributed by atoms with E-state index in [4.69, 9.17) is 9.47 Å². The summed E-state index contributed by atoms with van der Waals surface area (Å²) in [5.41, 5.74) is 7.93. The highest BCUT2D eigenvalue weighted by Gasteiger charge is 2.27. The van der Waals surface area contributed by atoms with Crippen LogP contribution in [0.2, 0.25) is 0 Å². The van der Waals surface area contributed by atoms with Crippen molar-refractivity contribution in [1.29, 1.82) is 0 Å². The zero-order valence-corrected chi connectivity index (χ0v) is 24.5. The Bertz CT molecular complexity index is 1520. The molecule has 4 nitrogen and oxygen atoms in total. The van der Waals surface area contributed by atoms with Crippen molar-refractivity contribution in [3.05, 3.63) is 113 Å². The minimum atomic E-state index is -0.333. The maximum Gasteiger partial charge on any atom is 0.130 e. The molecule has 4 aromatic rings.